The number of amides is 1. The Morgan fingerprint density at radius 2 is 2.15 bits per heavy atom. The van der Waals surface area contributed by atoms with Crippen molar-refractivity contribution in [2.24, 2.45) is 0 Å². The summed E-state index contributed by atoms with van der Waals surface area (Å²) < 4.78 is 38.0. The number of furan rings is 1. The number of hydrogen-bond acceptors (Lipinski definition) is 4. The van der Waals surface area contributed by atoms with Crippen LogP contribution in [0.4, 0.5) is 19.4 Å². The van der Waals surface area contributed by atoms with E-state index in [1.807, 2.05) is 0 Å². The van der Waals surface area contributed by atoms with Gasteiger partial charge in [0.2, 0.25) is 0 Å². The number of benzene rings is 1. The minimum absolute atomic E-state index is 0.0630. The van der Waals surface area contributed by atoms with E-state index in [0.717, 1.165) is 12.5 Å². The minimum atomic E-state index is -3.04. The van der Waals surface area contributed by atoms with E-state index in [1.165, 1.54) is 16.8 Å². The fraction of sp³-hybridized carbons (Fsp3) is 0.222. The van der Waals surface area contributed by atoms with Crippen LogP contribution in [0.15, 0.2) is 53.1 Å². The molecule has 1 N–H and O–H groups in total. The predicted octanol–water partition coefficient (Wildman–Crippen LogP) is 5.04. The van der Waals surface area contributed by atoms with E-state index < -0.39 is 17.8 Å². The molecule has 142 valence electrons. The summed E-state index contributed by atoms with van der Waals surface area (Å²) >= 11 is 5.87. The van der Waals surface area contributed by atoms with Crippen LogP contribution >= 0.6 is 11.6 Å². The molecule has 0 unspecified atom stereocenters. The number of carbonyl (C=O) groups excluding carboxylic acids is 1. The molecule has 0 aliphatic carbocycles. The van der Waals surface area contributed by atoms with Crippen LogP contribution < -0.4 is 5.32 Å². The molecule has 0 bridgehead atoms. The highest BCUT2D eigenvalue weighted by Crippen LogP contribution is 2.28. The molecule has 0 aliphatic heterocycles. The molecule has 0 spiro atoms. The van der Waals surface area contributed by atoms with Gasteiger partial charge in [-0.3, -0.25) is 10.00 Å². The Morgan fingerprint density at radius 1 is 1.33 bits per heavy atom. The molecule has 3 rings (SSSR count). The van der Waals surface area contributed by atoms with Gasteiger partial charge in [-0.2, -0.15) is 13.9 Å². The highest BCUT2D eigenvalue weighted by molar-refractivity contribution is 6.30. The maximum absolute atomic E-state index is 13.2. The van der Waals surface area contributed by atoms with Crippen LogP contribution in [-0.4, -0.2) is 15.9 Å². The van der Waals surface area contributed by atoms with E-state index in [2.05, 4.69) is 10.4 Å². The zero-order valence-electron chi connectivity index (χ0n) is 14.3. The summed E-state index contributed by atoms with van der Waals surface area (Å²) in [6, 6.07) is 11.2. The molecular formula is C18H16ClF2N3O3. The van der Waals surface area contributed by atoms with Crippen LogP contribution in [0.3, 0.4) is 0 Å². The van der Waals surface area contributed by atoms with E-state index in [4.69, 9.17) is 20.8 Å². The molecular weight excluding hydrogens is 380 g/mol. The van der Waals surface area contributed by atoms with Crippen molar-refractivity contribution in [1.29, 1.82) is 0 Å². The van der Waals surface area contributed by atoms with Crippen molar-refractivity contribution in [2.45, 2.75) is 26.0 Å². The first kappa shape index (κ1) is 18.9. The molecule has 0 saturated carbocycles. The van der Waals surface area contributed by atoms with Crippen LogP contribution in [0.2, 0.25) is 5.02 Å². The molecule has 3 aromatic rings. The zero-order valence-corrected chi connectivity index (χ0v) is 15.0. The number of hydrogen-bond donors (Lipinski definition) is 1. The Bertz CT molecular complexity index is 934. The number of rotatable bonds is 6. The van der Waals surface area contributed by atoms with Gasteiger partial charge >= 0.3 is 12.0 Å². The van der Waals surface area contributed by atoms with E-state index in [0.29, 0.717) is 10.8 Å². The van der Waals surface area contributed by atoms with Crippen molar-refractivity contribution < 1.29 is 22.7 Å². The first-order chi connectivity index (χ1) is 12.8. The van der Waals surface area contributed by atoms with Gasteiger partial charge < -0.3 is 9.15 Å². The van der Waals surface area contributed by atoms with Crippen LogP contribution in [-0.2, 0) is 23.8 Å². The van der Waals surface area contributed by atoms with Crippen molar-refractivity contribution in [3.8, 4) is 0 Å². The Morgan fingerprint density at radius 3 is 2.85 bits per heavy atom. The van der Waals surface area contributed by atoms with Crippen LogP contribution in [0.25, 0.3) is 0 Å². The van der Waals surface area contributed by atoms with Crippen molar-refractivity contribution >= 4 is 23.5 Å². The summed E-state index contributed by atoms with van der Waals surface area (Å²) in [5.41, 5.74) is 0.754. The quantitative estimate of drug-likeness (QED) is 0.635. The van der Waals surface area contributed by atoms with E-state index >= 15 is 0 Å². The fourth-order valence-electron chi connectivity index (χ4n) is 2.29. The van der Waals surface area contributed by atoms with Crippen molar-refractivity contribution in [2.75, 3.05) is 5.32 Å². The molecule has 27 heavy (non-hydrogen) atoms. The molecule has 1 amide bonds. The van der Waals surface area contributed by atoms with Gasteiger partial charge in [-0.05, 0) is 29.8 Å². The molecule has 0 atom stereocenters. The Hall–Kier alpha value is -2.87. The van der Waals surface area contributed by atoms with E-state index in [9.17, 15) is 13.6 Å². The fourth-order valence-corrected chi connectivity index (χ4v) is 2.50. The van der Waals surface area contributed by atoms with Crippen molar-refractivity contribution in [3.63, 3.8) is 0 Å². The molecule has 6 nitrogen and oxygen atoms in total. The number of alkyl halides is 2. The molecule has 1 aromatic carbocycles. The number of aromatic nitrogens is 2. The van der Waals surface area contributed by atoms with Gasteiger partial charge in [0.05, 0.1) is 6.54 Å². The molecule has 0 aliphatic rings. The summed E-state index contributed by atoms with van der Waals surface area (Å²) in [4.78, 5) is 11.8. The van der Waals surface area contributed by atoms with Gasteiger partial charge in [0.15, 0.2) is 11.6 Å². The molecule has 9 heteroatoms. The summed E-state index contributed by atoms with van der Waals surface area (Å²) in [5, 5.41) is 7.16. The number of anilines is 1. The van der Waals surface area contributed by atoms with Gasteiger partial charge in [0.25, 0.3) is 0 Å². The third kappa shape index (κ3) is 5.30. The third-order valence-corrected chi connectivity index (χ3v) is 3.78. The average molecular weight is 396 g/mol. The van der Waals surface area contributed by atoms with Gasteiger partial charge in [-0.25, -0.2) is 4.79 Å². The van der Waals surface area contributed by atoms with Crippen LogP contribution in [0, 0.1) is 0 Å². The molecule has 2 aromatic heterocycles. The second-order valence-electron chi connectivity index (χ2n) is 5.88. The Balaban J connectivity index is 1.53. The largest absolute Gasteiger partial charge is 0.458 e. The van der Waals surface area contributed by atoms with Crippen molar-refractivity contribution in [1.82, 2.24) is 9.78 Å². The summed E-state index contributed by atoms with van der Waals surface area (Å²) in [7, 11) is 0. The maximum Gasteiger partial charge on any atom is 0.413 e. The first-order valence-electron chi connectivity index (χ1n) is 7.98. The topological polar surface area (TPSA) is 69.3 Å². The van der Waals surface area contributed by atoms with E-state index in [1.54, 1.807) is 36.5 Å². The number of ether oxygens (including phenoxy) is 1. The Labute approximate surface area is 158 Å². The van der Waals surface area contributed by atoms with Crippen molar-refractivity contribution in [3.05, 3.63) is 70.8 Å². The maximum atomic E-state index is 13.2. The van der Waals surface area contributed by atoms with Crippen LogP contribution in [0.1, 0.15) is 24.0 Å². The second kappa shape index (κ2) is 7.79. The number of carbonyl (C=O) groups is 1. The predicted molar refractivity (Wildman–Crippen MR) is 94.9 cm³/mol. The number of halogens is 3. The average Bonchev–Trinajstić information content (AvgIpc) is 3.23. The zero-order chi connectivity index (χ0) is 19.4. The second-order valence-corrected chi connectivity index (χ2v) is 6.32. The van der Waals surface area contributed by atoms with Gasteiger partial charge in [0, 0.05) is 24.2 Å². The van der Waals surface area contributed by atoms with Crippen LogP contribution in [0.5, 0.6) is 0 Å². The van der Waals surface area contributed by atoms with E-state index in [-0.39, 0.29) is 19.0 Å². The highest BCUT2D eigenvalue weighted by atomic mass is 35.5. The number of nitrogens with one attached hydrogen (secondary N) is 1. The lowest BCUT2D eigenvalue weighted by Gasteiger charge is -2.06. The highest BCUT2D eigenvalue weighted by Gasteiger charge is 2.28. The third-order valence-electron chi connectivity index (χ3n) is 3.54. The summed E-state index contributed by atoms with van der Waals surface area (Å²) in [6.45, 7) is 0.976. The normalized spacial score (nSPS) is 11.4. The van der Waals surface area contributed by atoms with Gasteiger partial charge in [0.1, 0.15) is 12.4 Å². The smallest absolute Gasteiger partial charge is 0.413 e. The minimum Gasteiger partial charge on any atom is -0.458 e. The lowest BCUT2D eigenvalue weighted by molar-refractivity contribution is -0.00636. The Kier molecular flexibility index (Phi) is 5.46. The number of nitrogens with zero attached hydrogens (tertiary/aromatic N) is 2. The first-order valence-corrected chi connectivity index (χ1v) is 8.36. The standard InChI is InChI=1S/C18H16ClF2N3O3/c1-18(20,21)15-6-5-14(27-15)10-24-8-7-16(23-24)22-17(25)26-11-12-3-2-4-13(19)9-12/h2-9H,10-11H2,1H3,(H,22,23,25). The molecule has 0 saturated heterocycles. The van der Waals surface area contributed by atoms with Gasteiger partial charge in [-0.1, -0.05) is 23.7 Å². The lowest BCUT2D eigenvalue weighted by atomic mass is 10.2. The summed E-state index contributed by atoms with van der Waals surface area (Å²) in [5.74, 6) is -2.86. The monoisotopic (exact) mass is 395 g/mol. The molecule has 0 fully saturated rings. The summed E-state index contributed by atoms with van der Waals surface area (Å²) in [6.07, 6.45) is 0.907. The molecule has 0 radical (unpaired) electrons. The van der Waals surface area contributed by atoms with Gasteiger partial charge in [-0.15, -0.1) is 0 Å². The SMILES string of the molecule is CC(F)(F)c1ccc(Cn2ccc(NC(=O)OCc3cccc(Cl)c3)n2)o1. The molecule has 2 heterocycles. The lowest BCUT2D eigenvalue weighted by Crippen LogP contribution is -2.14.